The molecule has 116 valence electrons. The van der Waals surface area contributed by atoms with Crippen molar-refractivity contribution in [1.29, 1.82) is 0 Å². The third-order valence-corrected chi connectivity index (χ3v) is 4.17. The predicted octanol–water partition coefficient (Wildman–Crippen LogP) is 1.76. The molecule has 22 heavy (non-hydrogen) atoms. The summed E-state index contributed by atoms with van der Waals surface area (Å²) in [6.07, 6.45) is 4.37. The highest BCUT2D eigenvalue weighted by Gasteiger charge is 2.36. The van der Waals surface area contributed by atoms with Gasteiger partial charge in [0.15, 0.2) is 6.04 Å². The molecule has 0 aromatic heterocycles. The van der Waals surface area contributed by atoms with Crippen LogP contribution in [-0.4, -0.2) is 34.8 Å². The number of hydrogen-bond acceptors (Lipinski definition) is 4. The number of rotatable bonds is 4. The topological polar surface area (TPSA) is 82.0 Å². The Morgan fingerprint density at radius 1 is 1.18 bits per heavy atom. The molecule has 3 rings (SSSR count). The van der Waals surface area contributed by atoms with Crippen molar-refractivity contribution in [2.45, 2.75) is 44.2 Å². The summed E-state index contributed by atoms with van der Waals surface area (Å²) < 4.78 is 0. The van der Waals surface area contributed by atoms with Crippen LogP contribution in [-0.2, 0) is 9.59 Å². The van der Waals surface area contributed by atoms with Crippen LogP contribution in [0.1, 0.15) is 32.1 Å². The van der Waals surface area contributed by atoms with E-state index in [1.165, 1.54) is 5.01 Å². The molecule has 1 aliphatic carbocycles. The molecule has 1 fully saturated rings. The van der Waals surface area contributed by atoms with Crippen LogP contribution in [0.5, 0.6) is 0 Å². The van der Waals surface area contributed by atoms with Gasteiger partial charge in [0.2, 0.25) is 0 Å². The quantitative estimate of drug-likeness (QED) is 0.888. The maximum atomic E-state index is 12.3. The lowest BCUT2D eigenvalue weighted by Gasteiger charge is -2.19. The molecule has 1 unspecified atom stereocenters. The molecule has 1 heterocycles. The number of benzene rings is 1. The molecule has 0 radical (unpaired) electrons. The van der Waals surface area contributed by atoms with Gasteiger partial charge in [-0.05, 0) is 25.0 Å². The standard InChI is InChI=1S/C16H19N3O3/c20-15(17-11-6-4-5-7-11)13-10-14(16(21)22)19(18-13)12-8-2-1-3-9-12/h1-3,8-9,11,14H,4-7,10H2,(H,17,20)(H,21,22). The number of para-hydroxylation sites is 1. The number of aliphatic carboxylic acids is 1. The van der Waals surface area contributed by atoms with Gasteiger partial charge < -0.3 is 10.4 Å². The molecule has 2 aliphatic rings. The van der Waals surface area contributed by atoms with Crippen LogP contribution in [0.25, 0.3) is 0 Å². The van der Waals surface area contributed by atoms with Gasteiger partial charge in [-0.1, -0.05) is 31.0 Å². The molecule has 0 spiro atoms. The summed E-state index contributed by atoms with van der Waals surface area (Å²) in [5, 5.41) is 18.0. The van der Waals surface area contributed by atoms with E-state index in [0.717, 1.165) is 25.7 Å². The highest BCUT2D eigenvalue weighted by Crippen LogP contribution is 2.25. The molecule has 0 saturated heterocycles. The Morgan fingerprint density at radius 2 is 1.86 bits per heavy atom. The van der Waals surface area contributed by atoms with Gasteiger partial charge in [-0.25, -0.2) is 4.79 Å². The average Bonchev–Trinajstić information content (AvgIpc) is 3.17. The van der Waals surface area contributed by atoms with Crippen LogP contribution in [0.3, 0.4) is 0 Å². The van der Waals surface area contributed by atoms with E-state index in [1.807, 2.05) is 18.2 Å². The lowest BCUT2D eigenvalue weighted by molar-refractivity contribution is -0.138. The minimum Gasteiger partial charge on any atom is -0.480 e. The van der Waals surface area contributed by atoms with E-state index in [-0.39, 0.29) is 18.4 Å². The van der Waals surface area contributed by atoms with E-state index in [4.69, 9.17) is 0 Å². The van der Waals surface area contributed by atoms with E-state index in [1.54, 1.807) is 12.1 Å². The van der Waals surface area contributed by atoms with Gasteiger partial charge in [-0.2, -0.15) is 5.10 Å². The molecule has 6 nitrogen and oxygen atoms in total. The van der Waals surface area contributed by atoms with Crippen molar-refractivity contribution in [3.8, 4) is 0 Å². The fraction of sp³-hybridized carbons (Fsp3) is 0.438. The first kappa shape index (κ1) is 14.6. The second-order valence-corrected chi connectivity index (χ2v) is 5.74. The Bertz CT molecular complexity index is 594. The maximum Gasteiger partial charge on any atom is 0.328 e. The molecule has 1 amide bonds. The summed E-state index contributed by atoms with van der Waals surface area (Å²) in [6.45, 7) is 0. The van der Waals surface area contributed by atoms with Gasteiger partial charge in [0.1, 0.15) is 5.71 Å². The minimum absolute atomic E-state index is 0.128. The van der Waals surface area contributed by atoms with Gasteiger partial charge in [0.05, 0.1) is 5.69 Å². The maximum absolute atomic E-state index is 12.3. The smallest absolute Gasteiger partial charge is 0.328 e. The molecule has 1 aromatic carbocycles. The van der Waals surface area contributed by atoms with E-state index < -0.39 is 12.0 Å². The molecule has 0 bridgehead atoms. The number of nitrogens with zero attached hydrogens (tertiary/aromatic N) is 2. The highest BCUT2D eigenvalue weighted by molar-refractivity contribution is 6.40. The molecule has 2 N–H and O–H groups in total. The van der Waals surface area contributed by atoms with Crippen LogP contribution in [0.2, 0.25) is 0 Å². The van der Waals surface area contributed by atoms with Gasteiger partial charge in [-0.15, -0.1) is 0 Å². The largest absolute Gasteiger partial charge is 0.480 e. The van der Waals surface area contributed by atoms with Gasteiger partial charge >= 0.3 is 5.97 Å². The number of carboxylic acid groups (broad SMARTS) is 1. The molecule has 1 saturated carbocycles. The van der Waals surface area contributed by atoms with Gasteiger partial charge in [0.25, 0.3) is 5.91 Å². The van der Waals surface area contributed by atoms with Crippen molar-refractivity contribution in [2.75, 3.05) is 5.01 Å². The van der Waals surface area contributed by atoms with Crippen molar-refractivity contribution >= 4 is 23.3 Å². The SMILES string of the molecule is O=C(NC1CCCC1)C1=NN(c2ccccc2)C(C(=O)O)C1. The number of anilines is 1. The van der Waals surface area contributed by atoms with Crippen molar-refractivity contribution < 1.29 is 14.7 Å². The number of carbonyl (C=O) groups is 2. The summed E-state index contributed by atoms with van der Waals surface area (Å²) in [4.78, 5) is 23.7. The molecule has 1 aromatic rings. The number of hydrogen-bond donors (Lipinski definition) is 2. The fourth-order valence-electron chi connectivity index (χ4n) is 3.00. The van der Waals surface area contributed by atoms with Crippen molar-refractivity contribution in [3.63, 3.8) is 0 Å². The normalized spacial score (nSPS) is 21.7. The van der Waals surface area contributed by atoms with Crippen LogP contribution in [0.4, 0.5) is 5.69 Å². The summed E-state index contributed by atoms with van der Waals surface area (Å²) in [6, 6.07) is 8.44. The minimum atomic E-state index is -0.976. The third-order valence-electron chi connectivity index (χ3n) is 4.17. The summed E-state index contributed by atoms with van der Waals surface area (Å²) in [5.74, 6) is -1.21. The van der Waals surface area contributed by atoms with Gasteiger partial charge in [0, 0.05) is 12.5 Å². The Balaban J connectivity index is 1.77. The fourth-order valence-corrected chi connectivity index (χ4v) is 3.00. The zero-order valence-electron chi connectivity index (χ0n) is 12.2. The Morgan fingerprint density at radius 3 is 2.50 bits per heavy atom. The van der Waals surface area contributed by atoms with Crippen LogP contribution < -0.4 is 10.3 Å². The molecule has 1 atom stereocenters. The van der Waals surface area contributed by atoms with Crippen LogP contribution in [0.15, 0.2) is 35.4 Å². The number of carbonyl (C=O) groups excluding carboxylic acids is 1. The van der Waals surface area contributed by atoms with E-state index in [0.29, 0.717) is 11.4 Å². The Labute approximate surface area is 128 Å². The average molecular weight is 301 g/mol. The number of nitrogens with one attached hydrogen (secondary N) is 1. The second-order valence-electron chi connectivity index (χ2n) is 5.74. The Kier molecular flexibility index (Phi) is 4.09. The summed E-state index contributed by atoms with van der Waals surface area (Å²) in [7, 11) is 0. The van der Waals surface area contributed by atoms with E-state index in [2.05, 4.69) is 10.4 Å². The van der Waals surface area contributed by atoms with Gasteiger partial charge in [-0.3, -0.25) is 9.80 Å². The zero-order chi connectivity index (χ0) is 15.5. The van der Waals surface area contributed by atoms with Crippen molar-refractivity contribution in [3.05, 3.63) is 30.3 Å². The number of hydrazone groups is 1. The zero-order valence-corrected chi connectivity index (χ0v) is 12.2. The van der Waals surface area contributed by atoms with Crippen molar-refractivity contribution in [2.24, 2.45) is 5.10 Å². The van der Waals surface area contributed by atoms with E-state index in [9.17, 15) is 14.7 Å². The Hall–Kier alpha value is -2.37. The van der Waals surface area contributed by atoms with Crippen LogP contribution in [0, 0.1) is 0 Å². The number of amides is 1. The van der Waals surface area contributed by atoms with Crippen molar-refractivity contribution in [1.82, 2.24) is 5.32 Å². The molecule has 1 aliphatic heterocycles. The third kappa shape index (κ3) is 2.95. The van der Waals surface area contributed by atoms with E-state index >= 15 is 0 Å². The first-order chi connectivity index (χ1) is 10.6. The first-order valence-electron chi connectivity index (χ1n) is 7.60. The lowest BCUT2D eigenvalue weighted by Crippen LogP contribution is -2.38. The summed E-state index contributed by atoms with van der Waals surface area (Å²) >= 11 is 0. The summed E-state index contributed by atoms with van der Waals surface area (Å²) in [5.41, 5.74) is 0.974. The van der Waals surface area contributed by atoms with Crippen LogP contribution >= 0.6 is 0 Å². The molecular weight excluding hydrogens is 282 g/mol. The lowest BCUT2D eigenvalue weighted by atomic mass is 10.1. The monoisotopic (exact) mass is 301 g/mol. The number of carboxylic acids is 1. The first-order valence-corrected chi connectivity index (χ1v) is 7.60. The second kappa shape index (κ2) is 6.17. The molecule has 6 heteroatoms. The highest BCUT2D eigenvalue weighted by atomic mass is 16.4. The predicted molar refractivity (Wildman–Crippen MR) is 82.8 cm³/mol. The molecular formula is C16H19N3O3.